The minimum Gasteiger partial charge on any atom is -0.756 e. The molecule has 9 heteroatoms. The zero-order chi connectivity index (χ0) is 56.3. The van der Waals surface area contributed by atoms with E-state index in [1.807, 2.05) is 27.2 Å². The van der Waals surface area contributed by atoms with E-state index < -0.39 is 20.0 Å². The molecule has 0 saturated heterocycles. The Morgan fingerprint density at radius 1 is 0.442 bits per heavy atom. The van der Waals surface area contributed by atoms with Gasteiger partial charge in [-0.3, -0.25) is 9.36 Å². The quantitative estimate of drug-likeness (QED) is 0.0272. The predicted molar refractivity (Wildman–Crippen MR) is 335 cm³/mol. The highest BCUT2D eigenvalue weighted by Crippen LogP contribution is 2.38. The van der Waals surface area contributed by atoms with E-state index >= 15 is 0 Å². The summed E-state index contributed by atoms with van der Waals surface area (Å²) in [5, 5.41) is 13.9. The Hall–Kier alpha value is -1.02. The van der Waals surface area contributed by atoms with Gasteiger partial charge in [0.15, 0.2) is 0 Å². The van der Waals surface area contributed by atoms with Gasteiger partial charge in [-0.05, 0) is 32.1 Å². The van der Waals surface area contributed by atoms with E-state index in [2.05, 4.69) is 31.3 Å². The molecule has 0 radical (unpaired) electrons. The van der Waals surface area contributed by atoms with E-state index in [1.54, 1.807) is 6.08 Å². The Labute approximate surface area is 481 Å². The number of quaternary nitrogens is 1. The number of hydrogen-bond acceptors (Lipinski definition) is 6. The van der Waals surface area contributed by atoms with Crippen LogP contribution in [0, 0.1) is 0 Å². The summed E-state index contributed by atoms with van der Waals surface area (Å²) in [5.74, 6) is -0.198. The number of phosphoric acid groups is 1. The Bertz CT molecular complexity index is 1300. The van der Waals surface area contributed by atoms with Crippen molar-refractivity contribution in [2.24, 2.45) is 0 Å². The first-order valence-electron chi connectivity index (χ1n) is 34.2. The summed E-state index contributed by atoms with van der Waals surface area (Å²) in [7, 11) is 1.26. The summed E-state index contributed by atoms with van der Waals surface area (Å²) in [6.07, 6.45) is 77.3. The van der Waals surface area contributed by atoms with E-state index in [0.29, 0.717) is 17.4 Å². The molecular formula is C68H135N2O6P. The number of nitrogens with zero attached hydrogens (tertiary/aromatic N) is 1. The van der Waals surface area contributed by atoms with E-state index in [-0.39, 0.29) is 19.1 Å². The van der Waals surface area contributed by atoms with Gasteiger partial charge in [-0.15, -0.1) is 0 Å². The molecule has 0 aliphatic rings. The zero-order valence-electron chi connectivity index (χ0n) is 52.4. The Morgan fingerprint density at radius 3 is 1.05 bits per heavy atom. The lowest BCUT2D eigenvalue weighted by Crippen LogP contribution is -2.45. The van der Waals surface area contributed by atoms with Gasteiger partial charge >= 0.3 is 0 Å². The molecule has 0 aromatic rings. The number of unbranched alkanes of at least 4 members (excludes halogenated alkanes) is 49. The Balaban J connectivity index is 4.07. The summed E-state index contributed by atoms with van der Waals surface area (Å²) in [6.45, 7) is 4.69. The van der Waals surface area contributed by atoms with Gasteiger partial charge < -0.3 is 28.8 Å². The van der Waals surface area contributed by atoms with Crippen molar-refractivity contribution in [2.75, 3.05) is 40.9 Å². The number of nitrogens with one attached hydrogen (secondary N) is 1. The maximum atomic E-state index is 13.0. The highest BCUT2D eigenvalue weighted by Gasteiger charge is 2.23. The van der Waals surface area contributed by atoms with Gasteiger partial charge in [0.25, 0.3) is 7.82 Å². The Kier molecular flexibility index (Phi) is 58.8. The molecule has 0 aromatic carbocycles. The number of aliphatic hydroxyl groups is 1. The van der Waals surface area contributed by atoms with Crippen molar-refractivity contribution in [2.45, 2.75) is 366 Å². The van der Waals surface area contributed by atoms with E-state index in [1.165, 1.54) is 295 Å². The first-order chi connectivity index (χ1) is 37.5. The SMILES string of the molecule is CCCCCCCCCCCCCCCCCCCCC/C=C/CC/C=C/C(O)C(COP(=O)([O-])OCC[N+](C)(C)C)NC(=O)CCCCCCCCCCCCCCCCCCCCCCCCCCCCCCCC. The number of allylic oxidation sites excluding steroid dienone is 3. The molecule has 0 fully saturated rings. The van der Waals surface area contributed by atoms with Gasteiger partial charge in [0.1, 0.15) is 13.2 Å². The molecule has 3 atom stereocenters. The topological polar surface area (TPSA) is 108 Å². The summed E-state index contributed by atoms with van der Waals surface area (Å²) in [4.78, 5) is 25.6. The van der Waals surface area contributed by atoms with Crippen LogP contribution in [0.2, 0.25) is 0 Å². The number of hydrogen-bond donors (Lipinski definition) is 2. The second kappa shape index (κ2) is 59.6. The molecule has 0 aliphatic carbocycles. The van der Waals surface area contributed by atoms with E-state index in [9.17, 15) is 19.4 Å². The maximum Gasteiger partial charge on any atom is 0.268 e. The van der Waals surface area contributed by atoms with Crippen molar-refractivity contribution in [3.05, 3.63) is 24.3 Å². The van der Waals surface area contributed by atoms with Crippen molar-refractivity contribution in [3.63, 3.8) is 0 Å². The molecule has 2 N–H and O–H groups in total. The van der Waals surface area contributed by atoms with E-state index in [0.717, 1.165) is 38.5 Å². The molecule has 0 heterocycles. The molecule has 77 heavy (non-hydrogen) atoms. The van der Waals surface area contributed by atoms with Crippen molar-refractivity contribution in [1.29, 1.82) is 0 Å². The molecule has 0 saturated carbocycles. The predicted octanol–water partition coefficient (Wildman–Crippen LogP) is 20.9. The minimum absolute atomic E-state index is 0.00345. The Morgan fingerprint density at radius 2 is 0.727 bits per heavy atom. The number of likely N-dealkylation sites (N-methyl/N-ethyl adjacent to an activating group) is 1. The summed E-state index contributed by atoms with van der Waals surface area (Å²) in [6, 6.07) is -0.901. The minimum atomic E-state index is -4.61. The van der Waals surface area contributed by atoms with Gasteiger partial charge in [-0.1, -0.05) is 340 Å². The van der Waals surface area contributed by atoms with Crippen molar-refractivity contribution in [3.8, 4) is 0 Å². The summed E-state index contributed by atoms with van der Waals surface area (Å²) in [5.41, 5.74) is 0. The maximum absolute atomic E-state index is 13.0. The summed E-state index contributed by atoms with van der Waals surface area (Å²) < 4.78 is 23.4. The first kappa shape index (κ1) is 76.0. The lowest BCUT2D eigenvalue weighted by molar-refractivity contribution is -0.870. The number of amides is 1. The fraction of sp³-hybridized carbons (Fsp3) is 0.926. The van der Waals surface area contributed by atoms with Crippen LogP contribution < -0.4 is 10.2 Å². The molecule has 0 aliphatic heterocycles. The number of aliphatic hydroxyl groups excluding tert-OH is 1. The van der Waals surface area contributed by atoms with Crippen LogP contribution in [0.3, 0.4) is 0 Å². The van der Waals surface area contributed by atoms with Crippen LogP contribution in [0.25, 0.3) is 0 Å². The third-order valence-electron chi connectivity index (χ3n) is 15.9. The smallest absolute Gasteiger partial charge is 0.268 e. The van der Waals surface area contributed by atoms with Crippen molar-refractivity contribution >= 4 is 13.7 Å². The second-order valence-corrected chi connectivity index (χ2v) is 26.3. The molecule has 1 amide bonds. The van der Waals surface area contributed by atoms with Gasteiger partial charge in [0, 0.05) is 6.42 Å². The zero-order valence-corrected chi connectivity index (χ0v) is 53.3. The molecule has 3 unspecified atom stereocenters. The van der Waals surface area contributed by atoms with Crippen LogP contribution >= 0.6 is 7.82 Å². The van der Waals surface area contributed by atoms with Gasteiger partial charge in [-0.2, -0.15) is 0 Å². The van der Waals surface area contributed by atoms with Crippen molar-refractivity contribution < 1.29 is 32.9 Å². The number of carbonyl (C=O) groups excluding carboxylic acids is 1. The van der Waals surface area contributed by atoms with E-state index in [4.69, 9.17) is 9.05 Å². The molecule has 458 valence electrons. The van der Waals surface area contributed by atoms with Gasteiger partial charge in [-0.25, -0.2) is 0 Å². The lowest BCUT2D eigenvalue weighted by atomic mass is 10.0. The van der Waals surface area contributed by atoms with Crippen LogP contribution in [0.4, 0.5) is 0 Å². The monoisotopic (exact) mass is 1110 g/mol. The first-order valence-corrected chi connectivity index (χ1v) is 35.7. The highest BCUT2D eigenvalue weighted by atomic mass is 31.2. The molecule has 8 nitrogen and oxygen atoms in total. The summed E-state index contributed by atoms with van der Waals surface area (Å²) >= 11 is 0. The molecule has 0 spiro atoms. The fourth-order valence-electron chi connectivity index (χ4n) is 10.6. The third-order valence-corrected chi connectivity index (χ3v) is 16.9. The molecular weight excluding hydrogens is 972 g/mol. The standard InChI is InChI=1S/C68H135N2O6P/c1-6-8-10-12-14-16-18-20-22-24-26-28-30-32-33-34-35-36-38-40-42-44-46-48-50-52-54-56-58-60-62-68(72)69-66(65-76-77(73,74)75-64-63-70(3,4)5)67(71)61-59-57-55-53-51-49-47-45-43-41-39-37-31-29-27-25-23-21-19-17-15-13-11-9-7-2/h51,53,59,61,66-67,71H,6-50,52,54-58,60,62-65H2,1-5H3,(H-,69,72,73,74)/b53-51+,61-59+. The average molecular weight is 1110 g/mol. The van der Waals surface area contributed by atoms with Crippen LogP contribution in [-0.4, -0.2) is 68.5 Å². The average Bonchev–Trinajstić information content (AvgIpc) is 3.39. The van der Waals surface area contributed by atoms with Crippen LogP contribution in [-0.2, 0) is 18.4 Å². The molecule has 0 bridgehead atoms. The normalized spacial score (nSPS) is 13.8. The molecule has 0 aromatic heterocycles. The number of phosphoric ester groups is 1. The highest BCUT2D eigenvalue weighted by molar-refractivity contribution is 7.45. The number of carbonyl (C=O) groups is 1. The largest absolute Gasteiger partial charge is 0.756 e. The van der Waals surface area contributed by atoms with Crippen molar-refractivity contribution in [1.82, 2.24) is 5.32 Å². The van der Waals surface area contributed by atoms with Crippen LogP contribution in [0.15, 0.2) is 24.3 Å². The van der Waals surface area contributed by atoms with Crippen LogP contribution in [0.5, 0.6) is 0 Å². The lowest BCUT2D eigenvalue weighted by Gasteiger charge is -2.29. The second-order valence-electron chi connectivity index (χ2n) is 24.9. The van der Waals surface area contributed by atoms with Gasteiger partial charge in [0.05, 0.1) is 39.9 Å². The van der Waals surface area contributed by atoms with Crippen LogP contribution in [0.1, 0.15) is 354 Å². The number of rotatable bonds is 64. The fourth-order valence-corrected chi connectivity index (χ4v) is 11.3. The molecule has 0 rings (SSSR count). The van der Waals surface area contributed by atoms with Gasteiger partial charge in [0.2, 0.25) is 5.91 Å². The third kappa shape index (κ3) is 62.4.